The number of hydrogen-bond acceptors (Lipinski definition) is 3. The molecule has 4 heteroatoms. The molecule has 0 aromatic carbocycles. The van der Waals surface area contributed by atoms with E-state index in [9.17, 15) is 0 Å². The number of aromatic nitrogens is 3. The molecule has 1 aliphatic heterocycles. The van der Waals surface area contributed by atoms with Crippen LogP contribution in [0, 0.1) is 6.92 Å². The van der Waals surface area contributed by atoms with Crippen LogP contribution in [0.3, 0.4) is 0 Å². The lowest BCUT2D eigenvalue weighted by Crippen LogP contribution is -2.00. The van der Waals surface area contributed by atoms with Crippen molar-refractivity contribution in [2.75, 3.05) is 0 Å². The first-order valence-corrected chi connectivity index (χ1v) is 3.67. The molecule has 0 bridgehead atoms. The summed E-state index contributed by atoms with van der Waals surface area (Å²) in [4.78, 5) is 5.88. The highest BCUT2D eigenvalue weighted by Gasteiger charge is 2.23. The number of fused-ring (bicyclic) bond motifs is 1. The van der Waals surface area contributed by atoms with E-state index in [1.807, 2.05) is 13.8 Å². The molecule has 0 aliphatic carbocycles. The molecule has 0 saturated heterocycles. The minimum Gasteiger partial charge on any atom is -0.214 e. The van der Waals surface area contributed by atoms with Crippen LogP contribution in [0.4, 0.5) is 0 Å². The maximum absolute atomic E-state index is 4.26. The Morgan fingerprint density at radius 2 is 2.09 bits per heavy atom. The van der Waals surface area contributed by atoms with E-state index in [4.69, 9.17) is 0 Å². The second kappa shape index (κ2) is 1.90. The third kappa shape index (κ3) is 0.785. The predicted octanol–water partition coefficient (Wildman–Crippen LogP) is 0.928. The van der Waals surface area contributed by atoms with Crippen LogP contribution < -0.4 is 0 Å². The molecule has 1 unspecified atom stereocenters. The first-order chi connectivity index (χ1) is 5.18. The molecular weight excluding hydrogens is 140 g/mol. The molecule has 4 nitrogen and oxygen atoms in total. The van der Waals surface area contributed by atoms with Gasteiger partial charge in [-0.1, -0.05) is 0 Å². The summed E-state index contributed by atoms with van der Waals surface area (Å²) >= 11 is 0. The molecule has 1 atom stereocenters. The largest absolute Gasteiger partial charge is 0.214 e. The average molecular weight is 150 g/mol. The van der Waals surface area contributed by atoms with E-state index in [-0.39, 0.29) is 0 Å². The molecule has 2 heterocycles. The van der Waals surface area contributed by atoms with E-state index in [1.165, 1.54) is 0 Å². The van der Waals surface area contributed by atoms with E-state index in [1.54, 1.807) is 4.79 Å². The third-order valence-corrected chi connectivity index (χ3v) is 1.99. The zero-order valence-electron chi connectivity index (χ0n) is 6.87. The van der Waals surface area contributed by atoms with Gasteiger partial charge in [0.1, 0.15) is 5.82 Å². The number of aryl methyl sites for hydroxylation is 1. The minimum atomic E-state index is 0.330. The van der Waals surface area contributed by atoms with Gasteiger partial charge in [-0.05, 0) is 20.8 Å². The summed E-state index contributed by atoms with van der Waals surface area (Å²) in [6.45, 7) is 5.96. The Hall–Kier alpha value is -1.19. The van der Waals surface area contributed by atoms with Crippen molar-refractivity contribution >= 4 is 5.71 Å². The summed E-state index contributed by atoms with van der Waals surface area (Å²) in [5.74, 6) is 2.08. The number of hydrogen-bond donors (Lipinski definition) is 0. The number of nitrogens with zero attached hydrogens (tertiary/aromatic N) is 4. The average Bonchev–Trinajstić information content (AvgIpc) is 2.37. The lowest BCUT2D eigenvalue weighted by Gasteiger charge is -1.96. The second-order valence-electron chi connectivity index (χ2n) is 2.87. The van der Waals surface area contributed by atoms with Crippen LogP contribution in [0.15, 0.2) is 5.10 Å². The molecule has 1 aromatic heterocycles. The summed E-state index contributed by atoms with van der Waals surface area (Å²) in [5, 5.41) is 8.32. The Balaban J connectivity index is 2.56. The van der Waals surface area contributed by atoms with Crippen LogP contribution in [0.5, 0.6) is 0 Å². The monoisotopic (exact) mass is 150 g/mol. The summed E-state index contributed by atoms with van der Waals surface area (Å²) in [6, 6.07) is 0. The third-order valence-electron chi connectivity index (χ3n) is 1.99. The van der Waals surface area contributed by atoms with Crippen LogP contribution in [0.2, 0.25) is 0 Å². The SMILES string of the molecule is CC1=Nn2nc(C)nc2C1C. The topological polar surface area (TPSA) is 43.1 Å². The van der Waals surface area contributed by atoms with Crippen LogP contribution >= 0.6 is 0 Å². The molecular formula is C7H10N4. The lowest BCUT2D eigenvalue weighted by atomic mass is 10.1. The summed E-state index contributed by atoms with van der Waals surface area (Å²) in [5.41, 5.74) is 1.08. The van der Waals surface area contributed by atoms with Crippen molar-refractivity contribution in [3.63, 3.8) is 0 Å². The zero-order chi connectivity index (χ0) is 8.01. The molecule has 58 valence electrons. The van der Waals surface area contributed by atoms with Gasteiger partial charge in [-0.25, -0.2) is 4.98 Å². The van der Waals surface area contributed by atoms with Gasteiger partial charge in [0.2, 0.25) is 0 Å². The van der Waals surface area contributed by atoms with Crippen molar-refractivity contribution < 1.29 is 0 Å². The van der Waals surface area contributed by atoms with E-state index in [0.29, 0.717) is 5.92 Å². The quantitative estimate of drug-likeness (QED) is 0.552. The summed E-state index contributed by atoms with van der Waals surface area (Å²) < 4.78 is 0. The van der Waals surface area contributed by atoms with Gasteiger partial charge >= 0.3 is 0 Å². The van der Waals surface area contributed by atoms with Crippen molar-refractivity contribution in [3.8, 4) is 0 Å². The highest BCUT2D eigenvalue weighted by atomic mass is 15.6. The molecule has 0 fully saturated rings. The summed E-state index contributed by atoms with van der Waals surface area (Å²) in [6.07, 6.45) is 0. The van der Waals surface area contributed by atoms with E-state index < -0.39 is 0 Å². The number of rotatable bonds is 0. The molecule has 2 rings (SSSR count). The van der Waals surface area contributed by atoms with Crippen molar-refractivity contribution in [1.82, 2.24) is 14.9 Å². The van der Waals surface area contributed by atoms with Gasteiger partial charge in [0.25, 0.3) is 0 Å². The zero-order valence-corrected chi connectivity index (χ0v) is 6.87. The van der Waals surface area contributed by atoms with Crippen molar-refractivity contribution in [2.45, 2.75) is 26.7 Å². The van der Waals surface area contributed by atoms with Gasteiger partial charge < -0.3 is 0 Å². The van der Waals surface area contributed by atoms with E-state index in [2.05, 4.69) is 22.1 Å². The summed E-state index contributed by atoms with van der Waals surface area (Å²) in [7, 11) is 0. The fraction of sp³-hybridized carbons (Fsp3) is 0.571. The Morgan fingerprint density at radius 3 is 2.73 bits per heavy atom. The van der Waals surface area contributed by atoms with Gasteiger partial charge in [-0.15, -0.1) is 9.89 Å². The van der Waals surface area contributed by atoms with Crippen LogP contribution in [0.1, 0.15) is 31.4 Å². The van der Waals surface area contributed by atoms with Crippen molar-refractivity contribution in [1.29, 1.82) is 0 Å². The first-order valence-electron chi connectivity index (χ1n) is 3.67. The predicted molar refractivity (Wildman–Crippen MR) is 41.7 cm³/mol. The minimum absolute atomic E-state index is 0.330. The van der Waals surface area contributed by atoms with Crippen LogP contribution in [0.25, 0.3) is 0 Å². The Kier molecular flexibility index (Phi) is 1.13. The highest BCUT2D eigenvalue weighted by molar-refractivity contribution is 5.89. The standard InChI is InChI=1S/C7H10N4/c1-4-5(2)9-11-7(4)8-6(3)10-11/h4H,1-3H3. The molecule has 0 spiro atoms. The Bertz CT molecular complexity index is 323. The van der Waals surface area contributed by atoms with Gasteiger partial charge in [0.15, 0.2) is 5.82 Å². The molecule has 11 heavy (non-hydrogen) atoms. The molecule has 0 saturated carbocycles. The first kappa shape index (κ1) is 6.52. The van der Waals surface area contributed by atoms with E-state index in [0.717, 1.165) is 17.4 Å². The Morgan fingerprint density at radius 1 is 1.36 bits per heavy atom. The molecule has 1 aromatic rings. The van der Waals surface area contributed by atoms with Gasteiger partial charge in [-0.2, -0.15) is 5.10 Å². The fourth-order valence-electron chi connectivity index (χ4n) is 1.19. The molecule has 0 radical (unpaired) electrons. The molecule has 0 N–H and O–H groups in total. The fourth-order valence-corrected chi connectivity index (χ4v) is 1.19. The van der Waals surface area contributed by atoms with Crippen LogP contribution in [-0.4, -0.2) is 20.6 Å². The second-order valence-corrected chi connectivity index (χ2v) is 2.87. The van der Waals surface area contributed by atoms with Crippen molar-refractivity contribution in [2.24, 2.45) is 5.10 Å². The highest BCUT2D eigenvalue weighted by Crippen LogP contribution is 2.20. The van der Waals surface area contributed by atoms with Gasteiger partial charge in [0.05, 0.1) is 5.92 Å². The molecule has 1 aliphatic rings. The maximum atomic E-state index is 4.26. The van der Waals surface area contributed by atoms with Crippen LogP contribution in [-0.2, 0) is 0 Å². The lowest BCUT2D eigenvalue weighted by molar-refractivity contribution is 0.713. The normalized spacial score (nSPS) is 21.7. The van der Waals surface area contributed by atoms with Crippen molar-refractivity contribution in [3.05, 3.63) is 11.6 Å². The molecule has 0 amide bonds. The smallest absolute Gasteiger partial charge is 0.161 e. The van der Waals surface area contributed by atoms with Gasteiger partial charge in [-0.3, -0.25) is 0 Å². The maximum Gasteiger partial charge on any atom is 0.161 e. The van der Waals surface area contributed by atoms with Gasteiger partial charge in [0, 0.05) is 5.71 Å². The van der Waals surface area contributed by atoms with E-state index >= 15 is 0 Å². The Labute approximate surface area is 64.9 Å².